The van der Waals surface area contributed by atoms with Crippen molar-refractivity contribution in [2.75, 3.05) is 7.05 Å². The summed E-state index contributed by atoms with van der Waals surface area (Å²) in [5, 5.41) is 3.57. The number of aryl methyl sites for hydroxylation is 2. The van der Waals surface area contributed by atoms with Gasteiger partial charge in [0.2, 0.25) is 0 Å². The van der Waals surface area contributed by atoms with Gasteiger partial charge in [-0.3, -0.25) is 0 Å². The summed E-state index contributed by atoms with van der Waals surface area (Å²) in [4.78, 5) is 3.13. The minimum absolute atomic E-state index is 0.0107. The van der Waals surface area contributed by atoms with Crippen molar-refractivity contribution in [1.82, 2.24) is 5.32 Å². The molecule has 1 aromatic heterocycles. The highest BCUT2D eigenvalue weighted by molar-refractivity contribution is 7.12. The Morgan fingerprint density at radius 1 is 1.30 bits per heavy atom. The fourth-order valence-corrected chi connectivity index (χ4v) is 5.60. The van der Waals surface area contributed by atoms with Gasteiger partial charge in [-0.05, 0) is 72.1 Å². The summed E-state index contributed by atoms with van der Waals surface area (Å²) in [6.45, 7) is 8.93. The van der Waals surface area contributed by atoms with E-state index in [4.69, 9.17) is 4.74 Å². The molecule has 2 nitrogen and oxygen atoms in total. The highest BCUT2D eigenvalue weighted by Gasteiger charge is 2.49. The quantitative estimate of drug-likeness (QED) is 0.906. The first-order valence-electron chi connectivity index (χ1n) is 7.81. The molecule has 1 aromatic rings. The molecule has 0 radical (unpaired) electrons. The lowest BCUT2D eigenvalue weighted by atomic mass is 9.81. The van der Waals surface area contributed by atoms with Crippen LogP contribution in [-0.2, 0) is 17.6 Å². The van der Waals surface area contributed by atoms with Gasteiger partial charge >= 0.3 is 0 Å². The SMILES string of the molecule is CNC(c1cc2c(s1)CCC2)C1CC(C)(C)OC1(C)C. The predicted molar refractivity (Wildman–Crippen MR) is 85.5 cm³/mol. The van der Waals surface area contributed by atoms with Crippen LogP contribution in [0, 0.1) is 5.92 Å². The first kappa shape index (κ1) is 14.6. The number of hydrogen-bond donors (Lipinski definition) is 1. The number of thiophene rings is 1. The number of hydrogen-bond acceptors (Lipinski definition) is 3. The van der Waals surface area contributed by atoms with Crippen LogP contribution in [0.15, 0.2) is 6.07 Å². The third-order valence-electron chi connectivity index (χ3n) is 4.93. The summed E-state index contributed by atoms with van der Waals surface area (Å²) in [6, 6.07) is 2.87. The van der Waals surface area contributed by atoms with Gasteiger partial charge < -0.3 is 10.1 Å². The van der Waals surface area contributed by atoms with Gasteiger partial charge in [-0.2, -0.15) is 0 Å². The highest BCUT2D eigenvalue weighted by Crippen LogP contribution is 2.49. The van der Waals surface area contributed by atoms with Crippen LogP contribution in [-0.4, -0.2) is 18.2 Å². The minimum Gasteiger partial charge on any atom is -0.369 e. The topological polar surface area (TPSA) is 21.3 Å². The number of ether oxygens (including phenoxy) is 1. The number of nitrogens with one attached hydrogen (secondary N) is 1. The zero-order valence-corrected chi connectivity index (χ0v) is 14.2. The van der Waals surface area contributed by atoms with Crippen molar-refractivity contribution in [1.29, 1.82) is 0 Å². The van der Waals surface area contributed by atoms with E-state index < -0.39 is 0 Å². The Hall–Kier alpha value is -0.380. The maximum atomic E-state index is 6.30. The Balaban J connectivity index is 1.89. The second kappa shape index (κ2) is 4.82. The molecule has 1 fully saturated rings. The van der Waals surface area contributed by atoms with E-state index in [0.29, 0.717) is 12.0 Å². The van der Waals surface area contributed by atoms with E-state index in [0.717, 1.165) is 6.42 Å². The Kier molecular flexibility index (Phi) is 3.51. The van der Waals surface area contributed by atoms with Gasteiger partial charge in [-0.1, -0.05) is 0 Å². The summed E-state index contributed by atoms with van der Waals surface area (Å²) < 4.78 is 6.30. The average Bonchev–Trinajstić information content (AvgIpc) is 2.91. The third-order valence-corrected chi connectivity index (χ3v) is 6.25. The molecule has 2 unspecified atom stereocenters. The summed E-state index contributed by atoms with van der Waals surface area (Å²) in [6.07, 6.45) is 5.02. The summed E-state index contributed by atoms with van der Waals surface area (Å²) in [5.74, 6) is 0.529. The molecular formula is C17H27NOS. The fraction of sp³-hybridized carbons (Fsp3) is 0.765. The van der Waals surface area contributed by atoms with Gasteiger partial charge in [0.15, 0.2) is 0 Å². The van der Waals surface area contributed by atoms with Crippen LogP contribution < -0.4 is 5.32 Å². The van der Waals surface area contributed by atoms with E-state index in [-0.39, 0.29) is 11.2 Å². The molecule has 1 N–H and O–H groups in total. The number of rotatable bonds is 3. The van der Waals surface area contributed by atoms with E-state index in [1.54, 1.807) is 10.4 Å². The standard InChI is InChI=1S/C17H27NOS/c1-16(2)10-12(17(3,4)19-16)15(18-5)14-9-11-7-6-8-13(11)20-14/h9,12,15,18H,6-8,10H2,1-5H3. The van der Waals surface area contributed by atoms with E-state index >= 15 is 0 Å². The van der Waals surface area contributed by atoms with Gasteiger partial charge in [0.25, 0.3) is 0 Å². The Labute approximate surface area is 126 Å². The molecule has 2 heterocycles. The van der Waals surface area contributed by atoms with Crippen LogP contribution in [0.3, 0.4) is 0 Å². The lowest BCUT2D eigenvalue weighted by Gasteiger charge is -2.32. The minimum atomic E-state index is -0.0639. The zero-order valence-electron chi connectivity index (χ0n) is 13.4. The van der Waals surface area contributed by atoms with Crippen LogP contribution in [0.1, 0.15) is 61.9 Å². The maximum absolute atomic E-state index is 6.30. The van der Waals surface area contributed by atoms with Gasteiger partial charge in [-0.15, -0.1) is 11.3 Å². The largest absolute Gasteiger partial charge is 0.369 e. The molecule has 3 heteroatoms. The molecule has 1 saturated heterocycles. The van der Waals surface area contributed by atoms with Crippen molar-refractivity contribution in [3.63, 3.8) is 0 Å². The maximum Gasteiger partial charge on any atom is 0.0681 e. The molecule has 0 amide bonds. The average molecular weight is 293 g/mol. The van der Waals surface area contributed by atoms with Crippen molar-refractivity contribution in [3.8, 4) is 0 Å². The Bertz CT molecular complexity index is 482. The lowest BCUT2D eigenvalue weighted by molar-refractivity contribution is -0.0775. The van der Waals surface area contributed by atoms with E-state index in [1.165, 1.54) is 24.1 Å². The van der Waals surface area contributed by atoms with Gasteiger partial charge in [0.1, 0.15) is 0 Å². The molecule has 3 rings (SSSR count). The van der Waals surface area contributed by atoms with Crippen molar-refractivity contribution < 1.29 is 4.74 Å². The van der Waals surface area contributed by atoms with E-state index in [1.807, 2.05) is 11.3 Å². The molecule has 0 aromatic carbocycles. The molecular weight excluding hydrogens is 266 g/mol. The normalized spacial score (nSPS) is 28.6. The van der Waals surface area contributed by atoms with Crippen molar-refractivity contribution in [2.45, 2.75) is 70.6 Å². The van der Waals surface area contributed by atoms with Gasteiger partial charge in [0, 0.05) is 21.7 Å². The van der Waals surface area contributed by atoms with Crippen molar-refractivity contribution >= 4 is 11.3 Å². The van der Waals surface area contributed by atoms with Gasteiger partial charge in [0.05, 0.1) is 11.2 Å². The smallest absolute Gasteiger partial charge is 0.0681 e. The molecule has 2 aliphatic rings. The summed E-state index contributed by atoms with van der Waals surface area (Å²) in [7, 11) is 2.09. The zero-order chi connectivity index (χ0) is 14.5. The highest BCUT2D eigenvalue weighted by atomic mass is 32.1. The van der Waals surface area contributed by atoms with Crippen LogP contribution in [0.25, 0.3) is 0 Å². The second-order valence-corrected chi connectivity index (χ2v) is 8.66. The van der Waals surface area contributed by atoms with E-state index in [9.17, 15) is 0 Å². The van der Waals surface area contributed by atoms with Crippen molar-refractivity contribution in [3.05, 3.63) is 21.4 Å². The molecule has 20 heavy (non-hydrogen) atoms. The molecule has 0 bridgehead atoms. The second-order valence-electron chi connectivity index (χ2n) is 7.49. The van der Waals surface area contributed by atoms with Crippen LogP contribution in [0.4, 0.5) is 0 Å². The first-order chi connectivity index (χ1) is 9.32. The van der Waals surface area contributed by atoms with Gasteiger partial charge in [-0.25, -0.2) is 0 Å². The van der Waals surface area contributed by atoms with E-state index in [2.05, 4.69) is 46.1 Å². The monoisotopic (exact) mass is 293 g/mol. The molecule has 1 aliphatic carbocycles. The molecule has 112 valence electrons. The fourth-order valence-electron chi connectivity index (χ4n) is 4.17. The molecule has 0 spiro atoms. The molecule has 1 aliphatic heterocycles. The van der Waals surface area contributed by atoms with Crippen molar-refractivity contribution in [2.24, 2.45) is 5.92 Å². The Morgan fingerprint density at radius 3 is 2.60 bits per heavy atom. The Morgan fingerprint density at radius 2 is 2.05 bits per heavy atom. The van der Waals surface area contributed by atoms with Crippen LogP contribution >= 0.6 is 11.3 Å². The first-order valence-corrected chi connectivity index (χ1v) is 8.63. The summed E-state index contributed by atoms with van der Waals surface area (Å²) in [5.41, 5.74) is 1.52. The van der Waals surface area contributed by atoms with Crippen LogP contribution in [0.2, 0.25) is 0 Å². The van der Waals surface area contributed by atoms with Crippen LogP contribution in [0.5, 0.6) is 0 Å². The molecule has 2 atom stereocenters. The lowest BCUT2D eigenvalue weighted by Crippen LogP contribution is -2.37. The number of fused-ring (bicyclic) bond motifs is 1. The summed E-state index contributed by atoms with van der Waals surface area (Å²) >= 11 is 2.02. The third kappa shape index (κ3) is 2.44. The molecule has 0 saturated carbocycles. The predicted octanol–water partition coefficient (Wildman–Crippen LogP) is 4.09.